The molecule has 0 atom stereocenters. The number of aromatic nitrogens is 1. The summed E-state index contributed by atoms with van der Waals surface area (Å²) < 4.78 is 16.3. The molecule has 1 aromatic carbocycles. The molecule has 7 heteroatoms. The lowest BCUT2D eigenvalue weighted by molar-refractivity contribution is 0.101. The summed E-state index contributed by atoms with van der Waals surface area (Å²) in [6, 6.07) is 5.26. The van der Waals surface area contributed by atoms with Gasteiger partial charge in [0.1, 0.15) is 11.5 Å². The molecule has 7 nitrogen and oxygen atoms in total. The van der Waals surface area contributed by atoms with Gasteiger partial charge in [0.15, 0.2) is 5.76 Å². The summed E-state index contributed by atoms with van der Waals surface area (Å²) in [6.45, 7) is 4.62. The van der Waals surface area contributed by atoms with Crippen molar-refractivity contribution in [2.24, 2.45) is 0 Å². The summed E-state index contributed by atoms with van der Waals surface area (Å²) in [7, 11) is 3.29. The number of allylic oxidation sites excluding steroid dienone is 1. The van der Waals surface area contributed by atoms with Crippen molar-refractivity contribution < 1.29 is 24.1 Å². The van der Waals surface area contributed by atoms with Gasteiger partial charge in [-0.1, -0.05) is 6.07 Å². The van der Waals surface area contributed by atoms with E-state index < -0.39 is 0 Å². The second-order valence-corrected chi connectivity index (χ2v) is 6.88. The van der Waals surface area contributed by atoms with Crippen LogP contribution in [0.3, 0.4) is 0 Å². The maximum absolute atomic E-state index is 13.0. The average Bonchev–Trinajstić information content (AvgIpc) is 3.04. The molecule has 1 aromatic heterocycles. The van der Waals surface area contributed by atoms with Gasteiger partial charge in [-0.2, -0.15) is 0 Å². The van der Waals surface area contributed by atoms with Crippen LogP contribution in [-0.4, -0.2) is 61.3 Å². The highest BCUT2D eigenvalue weighted by molar-refractivity contribution is 6.15. The number of carbonyl (C=O) groups excluding carboxylic acids is 1. The fraction of sp³-hybridized carbons (Fsp3) is 0.364. The minimum Gasteiger partial charge on any atom is -0.507 e. The predicted molar refractivity (Wildman–Crippen MR) is 109 cm³/mol. The van der Waals surface area contributed by atoms with Gasteiger partial charge in [0.05, 0.1) is 24.3 Å². The number of aromatic hydroxyl groups is 1. The zero-order valence-electron chi connectivity index (χ0n) is 17.0. The van der Waals surface area contributed by atoms with E-state index in [2.05, 4.69) is 9.88 Å². The van der Waals surface area contributed by atoms with E-state index in [1.54, 1.807) is 51.7 Å². The molecule has 0 spiro atoms. The Bertz CT molecular complexity index is 888. The number of nitrogens with zero attached hydrogens (tertiary/aromatic N) is 2. The maximum Gasteiger partial charge on any atom is 0.232 e. The number of aryl methyl sites for hydroxylation is 1. The number of rotatable bonds is 9. The van der Waals surface area contributed by atoms with Gasteiger partial charge in [-0.05, 0) is 36.3 Å². The van der Waals surface area contributed by atoms with E-state index in [1.165, 1.54) is 0 Å². The summed E-state index contributed by atoms with van der Waals surface area (Å²) in [5.41, 5.74) is 2.53. The van der Waals surface area contributed by atoms with Crippen LogP contribution >= 0.6 is 0 Å². The largest absolute Gasteiger partial charge is 0.507 e. The molecule has 0 fully saturated rings. The van der Waals surface area contributed by atoms with Crippen LogP contribution in [0.2, 0.25) is 0 Å². The van der Waals surface area contributed by atoms with Crippen LogP contribution in [0.15, 0.2) is 36.4 Å². The summed E-state index contributed by atoms with van der Waals surface area (Å²) in [5.74, 6) is 0.560. The molecule has 0 saturated carbocycles. The summed E-state index contributed by atoms with van der Waals surface area (Å²) in [6.07, 6.45) is 5.00. The molecule has 1 N–H and O–H groups in total. The standard InChI is InChI=1S/C22H26N2O5/c1-15-11-18(25)17(14-24(7-9-27-2)8-10-28-3)22-20(15)21(26)19(29-22)12-16-5-4-6-23-13-16/h4-6,11-13,25H,7-10,14H2,1-3H3/b19-12-. The Morgan fingerprint density at radius 1 is 1.24 bits per heavy atom. The third kappa shape index (κ3) is 4.82. The van der Waals surface area contributed by atoms with Crippen LogP contribution < -0.4 is 4.74 Å². The van der Waals surface area contributed by atoms with Crippen LogP contribution in [0, 0.1) is 6.92 Å². The zero-order valence-corrected chi connectivity index (χ0v) is 17.0. The number of fused-ring (bicyclic) bond motifs is 1. The van der Waals surface area contributed by atoms with Gasteiger partial charge in [-0.3, -0.25) is 14.7 Å². The Labute approximate surface area is 170 Å². The number of hydrogen-bond donors (Lipinski definition) is 1. The molecule has 29 heavy (non-hydrogen) atoms. The number of Topliss-reactive ketones (excluding diaryl/α,β-unsaturated/α-hetero) is 1. The van der Waals surface area contributed by atoms with Crippen LogP contribution in [-0.2, 0) is 16.0 Å². The molecule has 0 radical (unpaired) electrons. The van der Waals surface area contributed by atoms with Crippen molar-refractivity contribution in [3.63, 3.8) is 0 Å². The fourth-order valence-corrected chi connectivity index (χ4v) is 3.28. The number of phenolic OH excluding ortho intramolecular Hbond substituents is 1. The molecule has 2 heterocycles. The van der Waals surface area contributed by atoms with Gasteiger partial charge in [0, 0.05) is 46.2 Å². The first-order valence-electron chi connectivity index (χ1n) is 9.45. The highest BCUT2D eigenvalue weighted by atomic mass is 16.5. The Hall–Kier alpha value is -2.74. The minimum absolute atomic E-state index is 0.108. The minimum atomic E-state index is -0.192. The Balaban J connectivity index is 1.94. The summed E-state index contributed by atoms with van der Waals surface area (Å²) in [5, 5.41) is 10.6. The van der Waals surface area contributed by atoms with E-state index >= 15 is 0 Å². The number of pyridine rings is 1. The lowest BCUT2D eigenvalue weighted by Gasteiger charge is -2.23. The Morgan fingerprint density at radius 2 is 1.97 bits per heavy atom. The van der Waals surface area contributed by atoms with E-state index in [4.69, 9.17) is 14.2 Å². The highest BCUT2D eigenvalue weighted by Crippen LogP contribution is 2.42. The number of ether oxygens (including phenoxy) is 3. The van der Waals surface area contributed by atoms with E-state index in [-0.39, 0.29) is 17.3 Å². The number of ketones is 1. The van der Waals surface area contributed by atoms with Crippen molar-refractivity contribution in [3.8, 4) is 11.5 Å². The Kier molecular flexibility index (Phi) is 6.98. The molecule has 1 aliphatic rings. The van der Waals surface area contributed by atoms with Crippen LogP contribution in [0.25, 0.3) is 6.08 Å². The zero-order chi connectivity index (χ0) is 20.8. The molecule has 0 amide bonds. The number of phenols is 1. The van der Waals surface area contributed by atoms with Crippen LogP contribution in [0.4, 0.5) is 0 Å². The van der Waals surface area contributed by atoms with E-state index in [1.807, 2.05) is 6.07 Å². The van der Waals surface area contributed by atoms with Gasteiger partial charge in [-0.25, -0.2) is 0 Å². The van der Waals surface area contributed by atoms with Crippen molar-refractivity contribution in [3.05, 3.63) is 58.6 Å². The van der Waals surface area contributed by atoms with Crippen LogP contribution in [0.5, 0.6) is 11.5 Å². The normalized spacial score (nSPS) is 14.5. The molecule has 0 bridgehead atoms. The van der Waals surface area contributed by atoms with Crippen molar-refractivity contribution in [1.29, 1.82) is 0 Å². The van der Waals surface area contributed by atoms with Gasteiger partial charge in [0.2, 0.25) is 5.78 Å². The van der Waals surface area contributed by atoms with Gasteiger partial charge in [-0.15, -0.1) is 0 Å². The number of carbonyl (C=O) groups is 1. The van der Waals surface area contributed by atoms with E-state index in [9.17, 15) is 9.90 Å². The van der Waals surface area contributed by atoms with E-state index in [0.717, 1.165) is 5.56 Å². The molecule has 2 aromatic rings. The number of benzene rings is 1. The van der Waals surface area contributed by atoms with Gasteiger partial charge >= 0.3 is 0 Å². The smallest absolute Gasteiger partial charge is 0.232 e. The second-order valence-electron chi connectivity index (χ2n) is 6.88. The van der Waals surface area contributed by atoms with Crippen molar-refractivity contribution in [2.75, 3.05) is 40.5 Å². The average molecular weight is 398 g/mol. The molecule has 154 valence electrons. The first-order valence-corrected chi connectivity index (χ1v) is 9.45. The molecule has 3 rings (SSSR count). The third-order valence-corrected chi connectivity index (χ3v) is 4.81. The number of methoxy groups -OCH3 is 2. The summed E-state index contributed by atoms with van der Waals surface area (Å²) >= 11 is 0. The highest BCUT2D eigenvalue weighted by Gasteiger charge is 2.33. The van der Waals surface area contributed by atoms with Gasteiger partial charge in [0.25, 0.3) is 0 Å². The number of hydrogen-bond acceptors (Lipinski definition) is 7. The lowest BCUT2D eigenvalue weighted by Crippen LogP contribution is -2.30. The predicted octanol–water partition coefficient (Wildman–Crippen LogP) is 2.81. The van der Waals surface area contributed by atoms with Crippen molar-refractivity contribution >= 4 is 11.9 Å². The molecule has 0 unspecified atom stereocenters. The molecular formula is C22H26N2O5. The quantitative estimate of drug-likeness (QED) is 0.651. The second kappa shape index (κ2) is 9.65. The maximum atomic E-state index is 13.0. The molecule has 1 aliphatic heterocycles. The third-order valence-electron chi connectivity index (χ3n) is 4.81. The lowest BCUT2D eigenvalue weighted by atomic mass is 9.99. The first kappa shape index (κ1) is 21.0. The van der Waals surface area contributed by atoms with Crippen molar-refractivity contribution in [2.45, 2.75) is 13.5 Å². The Morgan fingerprint density at radius 3 is 2.59 bits per heavy atom. The molecular weight excluding hydrogens is 372 g/mol. The van der Waals surface area contributed by atoms with Crippen molar-refractivity contribution in [1.82, 2.24) is 9.88 Å². The topological polar surface area (TPSA) is 81.1 Å². The SMILES string of the molecule is COCCN(CCOC)Cc1c(O)cc(C)c2c1O/C(=C\c1cccnc1)C2=O. The van der Waals surface area contributed by atoms with Gasteiger partial charge < -0.3 is 19.3 Å². The fourth-order valence-electron chi connectivity index (χ4n) is 3.28. The van der Waals surface area contributed by atoms with E-state index in [0.29, 0.717) is 55.3 Å². The summed E-state index contributed by atoms with van der Waals surface area (Å²) in [4.78, 5) is 19.1. The van der Waals surface area contributed by atoms with Crippen LogP contribution in [0.1, 0.15) is 27.0 Å². The monoisotopic (exact) mass is 398 g/mol. The molecule has 0 saturated heterocycles. The molecule has 0 aliphatic carbocycles. The first-order chi connectivity index (χ1) is 14.0.